The fourth-order valence-electron chi connectivity index (χ4n) is 3.26. The van der Waals surface area contributed by atoms with Crippen molar-refractivity contribution in [1.82, 2.24) is 10.2 Å². The molecule has 1 heterocycles. The van der Waals surface area contributed by atoms with Gasteiger partial charge in [0.1, 0.15) is 5.75 Å². The van der Waals surface area contributed by atoms with Crippen LogP contribution in [0.1, 0.15) is 35.2 Å². The lowest BCUT2D eigenvalue weighted by Gasteiger charge is -2.27. The van der Waals surface area contributed by atoms with E-state index in [1.165, 1.54) is 11.1 Å². The van der Waals surface area contributed by atoms with Crippen LogP contribution in [0.5, 0.6) is 5.75 Å². The normalized spacial score (nSPS) is 18.2. The molecule has 0 saturated heterocycles. The second-order valence-corrected chi connectivity index (χ2v) is 6.99. The molecule has 138 valence electrons. The Morgan fingerprint density at radius 2 is 1.96 bits per heavy atom. The molecule has 0 radical (unpaired) electrons. The molecular weight excluding hydrogens is 324 g/mol. The zero-order chi connectivity index (χ0) is 18.5. The Balaban J connectivity index is 1.68. The van der Waals surface area contributed by atoms with Crippen LogP contribution in [-0.2, 0) is 0 Å². The van der Waals surface area contributed by atoms with Crippen molar-refractivity contribution < 1.29 is 4.74 Å². The average molecular weight is 352 g/mol. The summed E-state index contributed by atoms with van der Waals surface area (Å²) in [5, 5.41) is 3.36. The Morgan fingerprint density at radius 1 is 1.23 bits per heavy atom. The maximum Gasteiger partial charge on any atom is 0.189 e. The summed E-state index contributed by atoms with van der Waals surface area (Å²) in [6, 6.07) is 17.0. The van der Waals surface area contributed by atoms with E-state index >= 15 is 0 Å². The van der Waals surface area contributed by atoms with Crippen molar-refractivity contribution >= 4 is 5.96 Å². The first kappa shape index (κ1) is 18.3. The molecule has 0 aliphatic carbocycles. The highest BCUT2D eigenvalue weighted by Gasteiger charge is 2.21. The highest BCUT2D eigenvalue weighted by Crippen LogP contribution is 2.31. The third-order valence-electron chi connectivity index (χ3n) is 4.80. The third kappa shape index (κ3) is 4.35. The maximum atomic E-state index is 6.19. The first-order valence-electron chi connectivity index (χ1n) is 9.06. The van der Waals surface area contributed by atoms with E-state index in [0.29, 0.717) is 19.1 Å². The molecule has 0 aromatic heterocycles. The number of nitrogens with two attached hydrogens (primary N) is 1. The number of guanidine groups is 1. The molecule has 1 aliphatic rings. The van der Waals surface area contributed by atoms with Gasteiger partial charge in [-0.05, 0) is 32.6 Å². The van der Waals surface area contributed by atoms with Gasteiger partial charge in [-0.2, -0.15) is 0 Å². The van der Waals surface area contributed by atoms with E-state index in [1.54, 1.807) is 0 Å². The second kappa shape index (κ2) is 8.23. The predicted molar refractivity (Wildman–Crippen MR) is 107 cm³/mol. The Hall–Kier alpha value is -2.53. The molecule has 0 bridgehead atoms. The number of ether oxygens (including phenoxy) is 1. The van der Waals surface area contributed by atoms with E-state index in [9.17, 15) is 0 Å². The molecule has 26 heavy (non-hydrogen) atoms. The second-order valence-electron chi connectivity index (χ2n) is 6.99. The van der Waals surface area contributed by atoms with Crippen molar-refractivity contribution in [2.45, 2.75) is 25.4 Å². The molecule has 2 aromatic rings. The fraction of sp³-hybridized carbons (Fsp3) is 0.381. The Labute approximate surface area is 155 Å². The number of nitrogens with one attached hydrogen (secondary N) is 1. The van der Waals surface area contributed by atoms with Gasteiger partial charge in [0.15, 0.2) is 5.96 Å². The molecule has 0 fully saturated rings. The molecule has 2 atom stereocenters. The Morgan fingerprint density at radius 3 is 2.69 bits per heavy atom. The number of likely N-dealkylation sites (N-methyl/N-ethyl adjacent to an activating group) is 1. The standard InChI is InChI=1S/C21H28N4O/c1-15-8-10-16(11-9-15)19(25(2)3)14-23-21(22)24-18-12-13-26-20-7-5-4-6-17(18)20/h4-11,18-19H,12-14H2,1-3H3,(H3,22,23,24). The van der Waals surface area contributed by atoms with Gasteiger partial charge >= 0.3 is 0 Å². The first-order valence-corrected chi connectivity index (χ1v) is 9.06. The predicted octanol–water partition coefficient (Wildman–Crippen LogP) is 3.03. The zero-order valence-electron chi connectivity index (χ0n) is 15.8. The van der Waals surface area contributed by atoms with Crippen molar-refractivity contribution in [2.75, 3.05) is 27.2 Å². The molecule has 0 spiro atoms. The van der Waals surface area contributed by atoms with Crippen molar-refractivity contribution in [3.8, 4) is 5.75 Å². The topological polar surface area (TPSA) is 62.9 Å². The molecular formula is C21H28N4O. The van der Waals surface area contributed by atoms with E-state index in [2.05, 4.69) is 66.6 Å². The van der Waals surface area contributed by atoms with Crippen LogP contribution >= 0.6 is 0 Å². The number of para-hydroxylation sites is 1. The quantitative estimate of drug-likeness (QED) is 0.641. The smallest absolute Gasteiger partial charge is 0.189 e. The molecule has 5 heteroatoms. The Bertz CT molecular complexity index is 755. The molecule has 5 nitrogen and oxygen atoms in total. The van der Waals surface area contributed by atoms with Gasteiger partial charge < -0.3 is 20.7 Å². The minimum Gasteiger partial charge on any atom is -0.493 e. The third-order valence-corrected chi connectivity index (χ3v) is 4.80. The largest absolute Gasteiger partial charge is 0.493 e. The number of hydrogen-bond acceptors (Lipinski definition) is 3. The summed E-state index contributed by atoms with van der Waals surface area (Å²) in [5.74, 6) is 1.40. The number of benzene rings is 2. The van der Waals surface area contributed by atoms with E-state index in [4.69, 9.17) is 10.5 Å². The van der Waals surface area contributed by atoms with E-state index in [-0.39, 0.29) is 12.1 Å². The molecule has 3 N–H and O–H groups in total. The SMILES string of the molecule is Cc1ccc(C(CN=C(N)NC2CCOc3ccccc32)N(C)C)cc1. The number of aryl methyl sites for hydroxylation is 1. The van der Waals surface area contributed by atoms with Gasteiger partial charge in [0.25, 0.3) is 0 Å². The summed E-state index contributed by atoms with van der Waals surface area (Å²) in [5.41, 5.74) is 9.83. The molecule has 2 aromatic carbocycles. The monoisotopic (exact) mass is 352 g/mol. The minimum absolute atomic E-state index is 0.140. The van der Waals surface area contributed by atoms with Crippen LogP contribution in [0.4, 0.5) is 0 Å². The summed E-state index contributed by atoms with van der Waals surface area (Å²) in [4.78, 5) is 6.78. The molecule has 3 rings (SSSR count). The van der Waals surface area contributed by atoms with Gasteiger partial charge in [0.2, 0.25) is 0 Å². The van der Waals surface area contributed by atoms with Crippen LogP contribution in [0.25, 0.3) is 0 Å². The summed E-state index contributed by atoms with van der Waals surface area (Å²) in [7, 11) is 4.14. The van der Waals surface area contributed by atoms with Crippen molar-refractivity contribution in [3.63, 3.8) is 0 Å². The highest BCUT2D eigenvalue weighted by molar-refractivity contribution is 5.78. The molecule has 0 amide bonds. The van der Waals surface area contributed by atoms with Crippen LogP contribution < -0.4 is 15.8 Å². The van der Waals surface area contributed by atoms with Crippen LogP contribution in [0.15, 0.2) is 53.5 Å². The van der Waals surface area contributed by atoms with Crippen molar-refractivity contribution in [1.29, 1.82) is 0 Å². The van der Waals surface area contributed by atoms with E-state index in [0.717, 1.165) is 17.7 Å². The number of aliphatic imine (C=N–C) groups is 1. The van der Waals surface area contributed by atoms with E-state index in [1.807, 2.05) is 18.2 Å². The molecule has 2 unspecified atom stereocenters. The van der Waals surface area contributed by atoms with Crippen molar-refractivity contribution in [2.24, 2.45) is 10.7 Å². The molecule has 1 aliphatic heterocycles. The summed E-state index contributed by atoms with van der Waals surface area (Å²) < 4.78 is 5.71. The maximum absolute atomic E-state index is 6.19. The van der Waals surface area contributed by atoms with Crippen LogP contribution in [0.2, 0.25) is 0 Å². The lowest BCUT2D eigenvalue weighted by Crippen LogP contribution is -2.38. The highest BCUT2D eigenvalue weighted by atomic mass is 16.5. The zero-order valence-corrected chi connectivity index (χ0v) is 15.8. The number of nitrogens with zero attached hydrogens (tertiary/aromatic N) is 2. The number of fused-ring (bicyclic) bond motifs is 1. The van der Waals surface area contributed by atoms with Crippen molar-refractivity contribution in [3.05, 3.63) is 65.2 Å². The van der Waals surface area contributed by atoms with E-state index < -0.39 is 0 Å². The van der Waals surface area contributed by atoms with Crippen LogP contribution in [0.3, 0.4) is 0 Å². The molecule has 0 saturated carbocycles. The average Bonchev–Trinajstić information content (AvgIpc) is 2.63. The lowest BCUT2D eigenvalue weighted by atomic mass is 10.0. The van der Waals surface area contributed by atoms with Crippen LogP contribution in [-0.4, -0.2) is 38.1 Å². The van der Waals surface area contributed by atoms with Gasteiger partial charge in [-0.3, -0.25) is 4.99 Å². The van der Waals surface area contributed by atoms with Gasteiger partial charge in [0.05, 0.1) is 25.2 Å². The summed E-state index contributed by atoms with van der Waals surface area (Å²) in [6.45, 7) is 3.39. The summed E-state index contributed by atoms with van der Waals surface area (Å²) in [6.07, 6.45) is 0.877. The van der Waals surface area contributed by atoms with Crippen LogP contribution in [0, 0.1) is 6.92 Å². The first-order chi connectivity index (χ1) is 12.5. The fourth-order valence-corrected chi connectivity index (χ4v) is 3.26. The lowest BCUT2D eigenvalue weighted by molar-refractivity contribution is 0.262. The van der Waals surface area contributed by atoms with Gasteiger partial charge in [0, 0.05) is 12.0 Å². The van der Waals surface area contributed by atoms with Gasteiger partial charge in [-0.25, -0.2) is 0 Å². The minimum atomic E-state index is 0.140. The summed E-state index contributed by atoms with van der Waals surface area (Å²) >= 11 is 0. The number of rotatable bonds is 5. The van der Waals surface area contributed by atoms with Gasteiger partial charge in [-0.1, -0.05) is 48.0 Å². The van der Waals surface area contributed by atoms with Gasteiger partial charge in [-0.15, -0.1) is 0 Å². The number of hydrogen-bond donors (Lipinski definition) is 2. The Kier molecular flexibility index (Phi) is 5.78.